The summed E-state index contributed by atoms with van der Waals surface area (Å²) in [5, 5.41) is 0. The molecule has 4 nitrogen and oxygen atoms in total. The molecule has 2 N–H and O–H groups in total. The maximum Gasteiger partial charge on any atom is 0.245 e. The highest BCUT2D eigenvalue weighted by molar-refractivity contribution is 7.89. The smallest absolute Gasteiger partial charge is 0.245 e. The van der Waals surface area contributed by atoms with Gasteiger partial charge in [-0.3, -0.25) is 0 Å². The Morgan fingerprint density at radius 2 is 1.76 bits per heavy atom. The summed E-state index contributed by atoms with van der Waals surface area (Å²) in [6.45, 7) is 1.85. The first kappa shape index (κ1) is 15.5. The Bertz CT molecular complexity index is 723. The molecule has 0 aliphatic heterocycles. The number of nitrogens with zero attached hydrogens (tertiary/aromatic N) is 1. The lowest BCUT2D eigenvalue weighted by molar-refractivity contribution is 0.466. The van der Waals surface area contributed by atoms with Crippen LogP contribution in [0.3, 0.4) is 0 Å². The summed E-state index contributed by atoms with van der Waals surface area (Å²) in [7, 11) is -2.22. The lowest BCUT2D eigenvalue weighted by atomic mass is 10.2. The summed E-state index contributed by atoms with van der Waals surface area (Å²) < 4.78 is 39.3. The molecule has 0 saturated heterocycles. The third-order valence-electron chi connectivity index (χ3n) is 3.23. The van der Waals surface area contributed by atoms with Gasteiger partial charge >= 0.3 is 0 Å². The molecule has 0 bridgehead atoms. The van der Waals surface area contributed by atoms with Crippen molar-refractivity contribution >= 4 is 15.7 Å². The number of sulfonamides is 1. The topological polar surface area (TPSA) is 63.4 Å². The molecule has 6 heteroatoms. The van der Waals surface area contributed by atoms with E-state index in [1.54, 1.807) is 37.3 Å². The van der Waals surface area contributed by atoms with Gasteiger partial charge in [0.25, 0.3) is 0 Å². The third kappa shape index (κ3) is 3.22. The molecule has 0 atom stereocenters. The van der Waals surface area contributed by atoms with Crippen LogP contribution in [0.15, 0.2) is 47.4 Å². The average molecular weight is 308 g/mol. The van der Waals surface area contributed by atoms with Crippen LogP contribution in [0.4, 0.5) is 10.1 Å². The van der Waals surface area contributed by atoms with E-state index in [0.29, 0.717) is 11.1 Å². The number of hydrogen-bond acceptors (Lipinski definition) is 3. The van der Waals surface area contributed by atoms with Crippen molar-refractivity contribution in [3.05, 3.63) is 59.4 Å². The first-order chi connectivity index (χ1) is 9.82. The Labute approximate surface area is 124 Å². The van der Waals surface area contributed by atoms with E-state index in [2.05, 4.69) is 0 Å². The molecule has 0 spiro atoms. The van der Waals surface area contributed by atoms with Crippen molar-refractivity contribution in [3.8, 4) is 0 Å². The van der Waals surface area contributed by atoms with E-state index in [9.17, 15) is 12.8 Å². The van der Waals surface area contributed by atoms with Crippen LogP contribution in [0.1, 0.15) is 11.1 Å². The number of halogens is 1. The van der Waals surface area contributed by atoms with Crippen LogP contribution >= 0.6 is 0 Å². The number of anilines is 1. The summed E-state index contributed by atoms with van der Waals surface area (Å²) in [5.74, 6) is -0.354. The van der Waals surface area contributed by atoms with Crippen LogP contribution in [-0.2, 0) is 16.6 Å². The second-order valence-electron chi connectivity index (χ2n) is 4.88. The molecule has 2 aromatic carbocycles. The van der Waals surface area contributed by atoms with Gasteiger partial charge in [-0.1, -0.05) is 24.3 Å². The lowest BCUT2D eigenvalue weighted by Gasteiger charge is -2.19. The maximum absolute atomic E-state index is 12.9. The van der Waals surface area contributed by atoms with Crippen molar-refractivity contribution in [3.63, 3.8) is 0 Å². The minimum Gasteiger partial charge on any atom is -0.398 e. The van der Waals surface area contributed by atoms with E-state index in [1.807, 2.05) is 0 Å². The highest BCUT2D eigenvalue weighted by atomic mass is 32.2. The molecule has 2 aromatic rings. The first-order valence-electron chi connectivity index (χ1n) is 6.38. The zero-order valence-electron chi connectivity index (χ0n) is 11.9. The van der Waals surface area contributed by atoms with Crippen LogP contribution in [0.5, 0.6) is 0 Å². The Morgan fingerprint density at radius 1 is 1.14 bits per heavy atom. The maximum atomic E-state index is 12.9. The fourth-order valence-electron chi connectivity index (χ4n) is 2.12. The van der Waals surface area contributed by atoms with Gasteiger partial charge in [0.2, 0.25) is 10.0 Å². The van der Waals surface area contributed by atoms with Crippen molar-refractivity contribution in [2.24, 2.45) is 0 Å². The van der Waals surface area contributed by atoms with Gasteiger partial charge < -0.3 is 5.73 Å². The summed E-state index contributed by atoms with van der Waals surface area (Å²) in [4.78, 5) is 0.120. The lowest BCUT2D eigenvalue weighted by Crippen LogP contribution is -2.27. The fourth-order valence-corrected chi connectivity index (χ4v) is 3.59. The number of aryl methyl sites for hydroxylation is 1. The van der Waals surface area contributed by atoms with Crippen LogP contribution in [0.25, 0.3) is 0 Å². The quantitative estimate of drug-likeness (QED) is 0.883. The van der Waals surface area contributed by atoms with E-state index in [-0.39, 0.29) is 22.9 Å². The summed E-state index contributed by atoms with van der Waals surface area (Å²) >= 11 is 0. The predicted octanol–water partition coefficient (Wildman–Crippen LogP) is 2.54. The van der Waals surface area contributed by atoms with Gasteiger partial charge in [0, 0.05) is 13.6 Å². The largest absolute Gasteiger partial charge is 0.398 e. The molecular formula is C15H17FN2O2S. The second-order valence-corrected chi connectivity index (χ2v) is 6.86. The van der Waals surface area contributed by atoms with Gasteiger partial charge in [-0.25, -0.2) is 12.8 Å². The Balaban J connectivity index is 2.33. The molecule has 0 saturated carbocycles. The monoisotopic (exact) mass is 308 g/mol. The molecule has 0 aliphatic carbocycles. The van der Waals surface area contributed by atoms with Gasteiger partial charge in [0.05, 0.1) is 5.69 Å². The van der Waals surface area contributed by atoms with Gasteiger partial charge in [-0.15, -0.1) is 0 Å². The second kappa shape index (κ2) is 5.83. The Hall–Kier alpha value is -1.92. The minimum atomic E-state index is -3.69. The summed E-state index contributed by atoms with van der Waals surface area (Å²) in [6.07, 6.45) is 0. The molecule has 0 radical (unpaired) electrons. The number of rotatable bonds is 4. The van der Waals surface area contributed by atoms with Crippen molar-refractivity contribution in [2.45, 2.75) is 18.4 Å². The summed E-state index contributed by atoms with van der Waals surface area (Å²) in [5.41, 5.74) is 7.33. The van der Waals surface area contributed by atoms with Crippen molar-refractivity contribution in [1.29, 1.82) is 0 Å². The number of hydrogen-bond donors (Lipinski definition) is 1. The van der Waals surface area contributed by atoms with Crippen LogP contribution in [0, 0.1) is 12.7 Å². The molecule has 2 rings (SSSR count). The molecule has 0 heterocycles. The van der Waals surface area contributed by atoms with E-state index in [1.165, 1.54) is 23.5 Å². The third-order valence-corrected chi connectivity index (χ3v) is 5.25. The van der Waals surface area contributed by atoms with Crippen LogP contribution in [0.2, 0.25) is 0 Å². The fraction of sp³-hybridized carbons (Fsp3) is 0.200. The first-order valence-corrected chi connectivity index (χ1v) is 7.82. The van der Waals surface area contributed by atoms with Gasteiger partial charge in [-0.2, -0.15) is 4.31 Å². The molecule has 112 valence electrons. The molecule has 0 aromatic heterocycles. The zero-order chi connectivity index (χ0) is 15.6. The molecule has 0 unspecified atom stereocenters. The Morgan fingerprint density at radius 3 is 2.33 bits per heavy atom. The van der Waals surface area contributed by atoms with Gasteiger partial charge in [-0.05, 0) is 36.2 Å². The number of nitrogen functional groups attached to an aromatic ring is 1. The normalized spacial score (nSPS) is 11.8. The predicted molar refractivity (Wildman–Crippen MR) is 80.6 cm³/mol. The highest BCUT2D eigenvalue weighted by Crippen LogP contribution is 2.26. The number of nitrogens with two attached hydrogens (primary N) is 1. The van der Waals surface area contributed by atoms with E-state index in [0.717, 1.165) is 0 Å². The molecular weight excluding hydrogens is 291 g/mol. The van der Waals surface area contributed by atoms with Crippen molar-refractivity contribution in [2.75, 3.05) is 12.8 Å². The van der Waals surface area contributed by atoms with Crippen LogP contribution < -0.4 is 5.73 Å². The van der Waals surface area contributed by atoms with E-state index >= 15 is 0 Å². The molecule has 0 amide bonds. The SMILES string of the molecule is Cc1cccc(N)c1S(=O)(=O)N(C)Cc1ccc(F)cc1. The van der Waals surface area contributed by atoms with Crippen molar-refractivity contribution < 1.29 is 12.8 Å². The highest BCUT2D eigenvalue weighted by Gasteiger charge is 2.25. The van der Waals surface area contributed by atoms with E-state index < -0.39 is 10.0 Å². The van der Waals surface area contributed by atoms with Crippen LogP contribution in [-0.4, -0.2) is 19.8 Å². The number of benzene rings is 2. The Kier molecular flexibility index (Phi) is 4.29. The van der Waals surface area contributed by atoms with Gasteiger partial charge in [0.1, 0.15) is 10.7 Å². The zero-order valence-corrected chi connectivity index (χ0v) is 12.7. The van der Waals surface area contributed by atoms with Gasteiger partial charge in [0.15, 0.2) is 0 Å². The van der Waals surface area contributed by atoms with Crippen molar-refractivity contribution in [1.82, 2.24) is 4.31 Å². The van der Waals surface area contributed by atoms with E-state index in [4.69, 9.17) is 5.73 Å². The summed E-state index contributed by atoms with van der Waals surface area (Å²) in [6, 6.07) is 10.7. The standard InChI is InChI=1S/C15H17FN2O2S/c1-11-4-3-5-14(17)15(11)21(19,20)18(2)10-12-6-8-13(16)9-7-12/h3-9H,10,17H2,1-2H3. The minimum absolute atomic E-state index is 0.120. The average Bonchev–Trinajstić information content (AvgIpc) is 2.40. The molecule has 21 heavy (non-hydrogen) atoms. The molecule has 0 fully saturated rings. The molecule has 0 aliphatic rings.